The number of carbonyl (C=O) groups excluding carboxylic acids is 2. The number of H-pyrrole nitrogens is 1. The summed E-state index contributed by atoms with van der Waals surface area (Å²) in [6.07, 6.45) is 4.96. The number of hydrogen-bond acceptors (Lipinski definition) is 5. The Balaban J connectivity index is 1.22. The zero-order valence-electron chi connectivity index (χ0n) is 18.3. The zero-order chi connectivity index (χ0) is 22.8. The second-order valence-electron chi connectivity index (χ2n) is 8.20. The molecule has 0 spiro atoms. The molecule has 2 aliphatic heterocycles. The molecule has 3 heterocycles. The van der Waals surface area contributed by atoms with Gasteiger partial charge in [-0.1, -0.05) is 6.07 Å². The minimum absolute atomic E-state index is 0.193. The van der Waals surface area contributed by atoms with Gasteiger partial charge in [-0.2, -0.15) is 0 Å². The van der Waals surface area contributed by atoms with Gasteiger partial charge in [-0.3, -0.25) is 4.79 Å². The summed E-state index contributed by atoms with van der Waals surface area (Å²) >= 11 is 0. The Morgan fingerprint density at radius 3 is 2.48 bits per heavy atom. The van der Waals surface area contributed by atoms with E-state index in [0.29, 0.717) is 22.6 Å². The number of carbonyl (C=O) groups is 2. The topological polar surface area (TPSA) is 105 Å². The molecule has 5 rings (SSSR count). The van der Waals surface area contributed by atoms with E-state index in [4.69, 9.17) is 0 Å². The van der Waals surface area contributed by atoms with Gasteiger partial charge in [0.1, 0.15) is 0 Å². The van der Waals surface area contributed by atoms with E-state index in [1.165, 1.54) is 0 Å². The Bertz CT molecular complexity index is 1190. The third kappa shape index (κ3) is 4.58. The van der Waals surface area contributed by atoms with E-state index >= 15 is 0 Å². The molecule has 3 amide bonds. The van der Waals surface area contributed by atoms with Crippen molar-refractivity contribution in [3.63, 3.8) is 0 Å². The van der Waals surface area contributed by atoms with Gasteiger partial charge < -0.3 is 30.7 Å². The quantitative estimate of drug-likeness (QED) is 0.463. The van der Waals surface area contributed by atoms with Crippen LogP contribution >= 0.6 is 0 Å². The first-order valence-electron chi connectivity index (χ1n) is 10.8. The normalized spacial score (nSPS) is 17.1. The van der Waals surface area contributed by atoms with Gasteiger partial charge in [-0.25, -0.2) is 9.78 Å². The number of aromatic amines is 1. The predicted octanol–water partition coefficient (Wildman–Crippen LogP) is 3.30. The molecule has 2 aromatic carbocycles. The van der Waals surface area contributed by atoms with Crippen molar-refractivity contribution in [1.29, 1.82) is 0 Å². The van der Waals surface area contributed by atoms with Crippen LogP contribution in [0.5, 0.6) is 0 Å². The molecule has 0 unspecified atom stereocenters. The summed E-state index contributed by atoms with van der Waals surface area (Å²) in [7, 11) is 2.13. The van der Waals surface area contributed by atoms with Gasteiger partial charge in [0.2, 0.25) is 0 Å². The third-order valence-corrected chi connectivity index (χ3v) is 5.87. The maximum Gasteiger partial charge on any atom is 0.323 e. The van der Waals surface area contributed by atoms with Crippen LogP contribution < -0.4 is 20.9 Å². The van der Waals surface area contributed by atoms with Crippen LogP contribution in [-0.4, -0.2) is 60.0 Å². The molecular weight excluding hydrogens is 418 g/mol. The summed E-state index contributed by atoms with van der Waals surface area (Å²) in [5.41, 5.74) is 5.18. The summed E-state index contributed by atoms with van der Waals surface area (Å²) in [5.74, 6) is -0.193. The van der Waals surface area contributed by atoms with Gasteiger partial charge in [-0.15, -0.1) is 0 Å². The number of amides is 3. The fourth-order valence-electron chi connectivity index (χ4n) is 4.03. The molecule has 2 aliphatic rings. The van der Waals surface area contributed by atoms with Crippen molar-refractivity contribution in [3.8, 4) is 0 Å². The first kappa shape index (κ1) is 20.8. The molecule has 3 aromatic rings. The van der Waals surface area contributed by atoms with Crippen LogP contribution in [-0.2, 0) is 4.79 Å². The van der Waals surface area contributed by atoms with E-state index in [-0.39, 0.29) is 11.9 Å². The van der Waals surface area contributed by atoms with Crippen molar-refractivity contribution >= 4 is 46.3 Å². The van der Waals surface area contributed by atoms with Crippen LogP contribution in [0.3, 0.4) is 0 Å². The van der Waals surface area contributed by atoms with Crippen LogP contribution in [0.15, 0.2) is 55.0 Å². The number of anilines is 4. The van der Waals surface area contributed by atoms with E-state index in [1.54, 1.807) is 30.7 Å². The smallest absolute Gasteiger partial charge is 0.323 e. The number of benzene rings is 2. The number of likely N-dealkylation sites (N-methyl/N-ethyl adjacent to an activating group) is 1. The molecule has 0 aliphatic carbocycles. The van der Waals surface area contributed by atoms with Crippen molar-refractivity contribution in [1.82, 2.24) is 14.9 Å². The Labute approximate surface area is 191 Å². The summed E-state index contributed by atoms with van der Waals surface area (Å²) < 4.78 is 0. The van der Waals surface area contributed by atoms with Crippen LogP contribution in [0.1, 0.15) is 11.3 Å². The highest BCUT2D eigenvalue weighted by atomic mass is 16.2. The number of urea groups is 1. The van der Waals surface area contributed by atoms with Crippen molar-refractivity contribution in [3.05, 3.63) is 66.2 Å². The number of rotatable bonds is 4. The number of nitrogens with one attached hydrogen (secondary N) is 4. The lowest BCUT2D eigenvalue weighted by atomic mass is 10.1. The molecule has 9 nitrogen and oxygen atoms in total. The molecule has 0 bridgehead atoms. The Kier molecular flexibility index (Phi) is 5.54. The maximum atomic E-state index is 12.5. The second-order valence-corrected chi connectivity index (χ2v) is 8.20. The van der Waals surface area contributed by atoms with Gasteiger partial charge in [0.05, 0.1) is 29.5 Å². The maximum absolute atomic E-state index is 12.5. The molecule has 33 heavy (non-hydrogen) atoms. The molecule has 0 radical (unpaired) electrons. The fraction of sp³-hybridized carbons (Fsp3) is 0.208. The Hall–Kier alpha value is -4.11. The second kappa shape index (κ2) is 8.79. The lowest BCUT2D eigenvalue weighted by Gasteiger charge is -2.34. The zero-order valence-corrected chi connectivity index (χ0v) is 18.3. The Morgan fingerprint density at radius 2 is 1.76 bits per heavy atom. The van der Waals surface area contributed by atoms with Crippen LogP contribution in [0, 0.1) is 0 Å². The molecular formula is C24H25N7O2. The lowest BCUT2D eigenvalue weighted by Crippen LogP contribution is -2.44. The molecule has 1 aromatic heterocycles. The van der Waals surface area contributed by atoms with E-state index in [1.807, 2.05) is 30.3 Å². The first-order valence-corrected chi connectivity index (χ1v) is 10.8. The van der Waals surface area contributed by atoms with Gasteiger partial charge in [0, 0.05) is 48.8 Å². The van der Waals surface area contributed by atoms with E-state index in [9.17, 15) is 9.59 Å². The first-order chi connectivity index (χ1) is 16.0. The Morgan fingerprint density at radius 1 is 1.03 bits per heavy atom. The van der Waals surface area contributed by atoms with Crippen molar-refractivity contribution < 1.29 is 9.59 Å². The largest absolute Gasteiger partial charge is 0.369 e. The number of piperazine rings is 1. The average molecular weight is 444 g/mol. The average Bonchev–Trinajstić information content (AvgIpc) is 3.43. The van der Waals surface area contributed by atoms with Crippen LogP contribution in [0.4, 0.5) is 27.5 Å². The lowest BCUT2D eigenvalue weighted by molar-refractivity contribution is -0.110. The van der Waals surface area contributed by atoms with Crippen molar-refractivity contribution in [2.24, 2.45) is 0 Å². The molecule has 1 saturated heterocycles. The highest BCUT2D eigenvalue weighted by molar-refractivity contribution is 6.35. The number of fused-ring (bicyclic) bond motifs is 1. The third-order valence-electron chi connectivity index (χ3n) is 5.87. The van der Waals surface area contributed by atoms with Gasteiger partial charge >= 0.3 is 6.03 Å². The van der Waals surface area contributed by atoms with E-state index < -0.39 is 0 Å². The summed E-state index contributed by atoms with van der Waals surface area (Å²) in [6, 6.07) is 12.9. The monoisotopic (exact) mass is 443 g/mol. The highest BCUT2D eigenvalue weighted by Crippen LogP contribution is 2.34. The minimum Gasteiger partial charge on any atom is -0.369 e. The number of nitrogens with zero attached hydrogens (tertiary/aromatic N) is 3. The summed E-state index contributed by atoms with van der Waals surface area (Å²) in [5, 5.41) is 8.52. The van der Waals surface area contributed by atoms with Gasteiger partial charge in [0.25, 0.3) is 5.91 Å². The molecule has 0 saturated carbocycles. The van der Waals surface area contributed by atoms with Gasteiger partial charge in [-0.05, 0) is 49.5 Å². The minimum atomic E-state index is -0.347. The SMILES string of the molecule is CN1CCN(c2ccc(NC(=O)Nc3ccc4c(c3)NC(=O)/C4=C\c3cnc[nH]3)cc2)CC1. The standard InChI is InChI=1S/C24H25N7O2/c1-30-8-10-31(11-9-30)19-5-2-16(3-6-19)27-24(33)28-17-4-7-20-21(12-18-14-25-15-26-18)23(32)29-22(20)13-17/h2-7,12-15H,8-11H2,1H3,(H,25,26)(H,29,32)(H2,27,28,33)/b21-12-. The molecule has 4 N–H and O–H groups in total. The molecule has 9 heteroatoms. The molecule has 1 fully saturated rings. The molecule has 0 atom stereocenters. The number of aromatic nitrogens is 2. The van der Waals surface area contributed by atoms with E-state index in [0.717, 1.165) is 43.1 Å². The van der Waals surface area contributed by atoms with Crippen molar-refractivity contribution in [2.45, 2.75) is 0 Å². The van der Waals surface area contributed by atoms with Gasteiger partial charge in [0.15, 0.2) is 0 Å². The predicted molar refractivity (Wildman–Crippen MR) is 130 cm³/mol. The number of hydrogen-bond donors (Lipinski definition) is 4. The molecule has 168 valence electrons. The van der Waals surface area contributed by atoms with Crippen LogP contribution in [0.25, 0.3) is 11.6 Å². The van der Waals surface area contributed by atoms with Crippen molar-refractivity contribution in [2.75, 3.05) is 54.1 Å². The summed E-state index contributed by atoms with van der Waals surface area (Å²) in [4.78, 5) is 36.5. The summed E-state index contributed by atoms with van der Waals surface area (Å²) in [6.45, 7) is 4.09. The number of imidazole rings is 1. The van der Waals surface area contributed by atoms with E-state index in [2.05, 4.69) is 42.8 Å². The fourth-order valence-corrected chi connectivity index (χ4v) is 4.03. The highest BCUT2D eigenvalue weighted by Gasteiger charge is 2.24. The van der Waals surface area contributed by atoms with Crippen LogP contribution in [0.2, 0.25) is 0 Å².